The lowest BCUT2D eigenvalue weighted by Crippen LogP contribution is -2.61. The molecule has 1 aliphatic carbocycles. The van der Waals surface area contributed by atoms with E-state index in [4.69, 9.17) is 0 Å². The second-order valence-electron chi connectivity index (χ2n) is 6.96. The lowest BCUT2D eigenvalue weighted by molar-refractivity contribution is 0.0621. The molecule has 1 aromatic rings. The zero-order valence-electron chi connectivity index (χ0n) is 12.9. The van der Waals surface area contributed by atoms with Gasteiger partial charge in [0.2, 0.25) is 0 Å². The Morgan fingerprint density at radius 2 is 1.80 bits per heavy atom. The van der Waals surface area contributed by atoms with E-state index in [1.165, 1.54) is 37.7 Å². The molecule has 1 N–H and O–H groups in total. The van der Waals surface area contributed by atoms with Gasteiger partial charge in [0, 0.05) is 19.1 Å². The Morgan fingerprint density at radius 3 is 2.45 bits per heavy atom. The normalized spacial score (nSPS) is 33.2. The number of hydrogen-bond acceptors (Lipinski definition) is 2. The highest BCUT2D eigenvalue weighted by Crippen LogP contribution is 2.33. The Bertz CT molecular complexity index is 424. The quantitative estimate of drug-likeness (QED) is 0.888. The highest BCUT2D eigenvalue weighted by Gasteiger charge is 2.38. The number of benzene rings is 1. The first-order valence-corrected chi connectivity index (χ1v) is 8.20. The fraction of sp³-hybridized carbons (Fsp3) is 0.667. The number of nitrogens with zero attached hydrogens (tertiary/aromatic N) is 1. The van der Waals surface area contributed by atoms with Crippen LogP contribution in [0.1, 0.15) is 44.6 Å². The average molecular weight is 272 g/mol. The summed E-state index contributed by atoms with van der Waals surface area (Å²) in [6.07, 6.45) is 7.18. The first kappa shape index (κ1) is 14.1. The van der Waals surface area contributed by atoms with Crippen LogP contribution in [-0.2, 0) is 5.54 Å². The molecule has 2 unspecified atom stereocenters. The van der Waals surface area contributed by atoms with Gasteiger partial charge in [0.15, 0.2) is 0 Å². The predicted octanol–water partition coefficient (Wildman–Crippen LogP) is 3.39. The van der Waals surface area contributed by atoms with Crippen LogP contribution in [0.5, 0.6) is 0 Å². The van der Waals surface area contributed by atoms with E-state index in [1.54, 1.807) is 0 Å². The molecule has 0 amide bonds. The molecule has 2 heteroatoms. The van der Waals surface area contributed by atoms with Crippen molar-refractivity contribution in [3.05, 3.63) is 35.9 Å². The molecule has 0 bridgehead atoms. The predicted molar refractivity (Wildman–Crippen MR) is 84.8 cm³/mol. The Kier molecular flexibility index (Phi) is 4.13. The van der Waals surface area contributed by atoms with Crippen LogP contribution in [0.2, 0.25) is 0 Å². The first-order chi connectivity index (χ1) is 9.69. The molecular formula is C18H28N2. The van der Waals surface area contributed by atoms with Gasteiger partial charge in [-0.25, -0.2) is 0 Å². The van der Waals surface area contributed by atoms with Crippen molar-refractivity contribution in [2.75, 3.05) is 20.1 Å². The van der Waals surface area contributed by atoms with Crippen molar-refractivity contribution in [2.45, 2.75) is 50.6 Å². The summed E-state index contributed by atoms with van der Waals surface area (Å²) >= 11 is 0. The van der Waals surface area contributed by atoms with Gasteiger partial charge in [0.1, 0.15) is 0 Å². The maximum atomic E-state index is 3.85. The van der Waals surface area contributed by atoms with Crippen molar-refractivity contribution in [1.29, 1.82) is 0 Å². The molecule has 2 aliphatic rings. The van der Waals surface area contributed by atoms with Gasteiger partial charge >= 0.3 is 0 Å². The fourth-order valence-corrected chi connectivity index (χ4v) is 4.20. The Balaban J connectivity index is 1.70. The van der Waals surface area contributed by atoms with E-state index in [-0.39, 0.29) is 5.54 Å². The van der Waals surface area contributed by atoms with Crippen LogP contribution in [0.15, 0.2) is 30.3 Å². The lowest BCUT2D eigenvalue weighted by Gasteiger charge is -2.48. The molecule has 3 rings (SSSR count). The average Bonchev–Trinajstić information content (AvgIpc) is 2.49. The van der Waals surface area contributed by atoms with E-state index in [1.807, 2.05) is 0 Å². The second-order valence-corrected chi connectivity index (χ2v) is 6.96. The summed E-state index contributed by atoms with van der Waals surface area (Å²) in [6, 6.07) is 11.6. The van der Waals surface area contributed by atoms with Gasteiger partial charge in [-0.05, 0) is 38.3 Å². The van der Waals surface area contributed by atoms with Crippen LogP contribution in [0.3, 0.4) is 0 Å². The molecule has 2 fully saturated rings. The molecule has 1 saturated heterocycles. The van der Waals surface area contributed by atoms with Crippen LogP contribution in [-0.4, -0.2) is 31.1 Å². The SMILES string of the molecule is CN1CC(C)(c2ccccc2)NCC1C1CCCCC1. The molecule has 2 atom stereocenters. The van der Waals surface area contributed by atoms with Crippen LogP contribution in [0.25, 0.3) is 0 Å². The first-order valence-electron chi connectivity index (χ1n) is 8.20. The van der Waals surface area contributed by atoms with Gasteiger partial charge in [0.25, 0.3) is 0 Å². The summed E-state index contributed by atoms with van der Waals surface area (Å²) in [7, 11) is 2.32. The van der Waals surface area contributed by atoms with Crippen LogP contribution in [0.4, 0.5) is 0 Å². The number of hydrogen-bond donors (Lipinski definition) is 1. The van der Waals surface area contributed by atoms with Crippen LogP contribution < -0.4 is 5.32 Å². The van der Waals surface area contributed by atoms with Crippen molar-refractivity contribution in [3.63, 3.8) is 0 Å². The van der Waals surface area contributed by atoms with E-state index in [2.05, 4.69) is 54.5 Å². The molecule has 1 saturated carbocycles. The van der Waals surface area contributed by atoms with Crippen molar-refractivity contribution >= 4 is 0 Å². The molecule has 1 aromatic carbocycles. The topological polar surface area (TPSA) is 15.3 Å². The van der Waals surface area contributed by atoms with Gasteiger partial charge in [0.05, 0.1) is 5.54 Å². The summed E-state index contributed by atoms with van der Waals surface area (Å²) in [5, 5.41) is 3.85. The van der Waals surface area contributed by atoms with E-state index >= 15 is 0 Å². The third-order valence-corrected chi connectivity index (χ3v) is 5.44. The standard InChI is InChI=1S/C18H28N2/c1-18(16-11-7-4-8-12-16)14-20(2)17(13-19-18)15-9-5-3-6-10-15/h4,7-8,11-12,15,17,19H,3,5-6,9-10,13-14H2,1-2H3. The molecular weight excluding hydrogens is 244 g/mol. The largest absolute Gasteiger partial charge is 0.305 e. The van der Waals surface area contributed by atoms with E-state index < -0.39 is 0 Å². The second kappa shape index (κ2) is 5.87. The maximum Gasteiger partial charge on any atom is 0.0535 e. The minimum atomic E-state index is 0.0984. The number of likely N-dealkylation sites (N-methyl/N-ethyl adjacent to an activating group) is 1. The molecule has 0 spiro atoms. The summed E-state index contributed by atoms with van der Waals surface area (Å²) in [4.78, 5) is 2.61. The number of nitrogens with one attached hydrogen (secondary N) is 1. The van der Waals surface area contributed by atoms with Crippen LogP contribution >= 0.6 is 0 Å². The van der Waals surface area contributed by atoms with E-state index in [0.717, 1.165) is 25.0 Å². The van der Waals surface area contributed by atoms with Crippen molar-refractivity contribution < 1.29 is 0 Å². The minimum Gasteiger partial charge on any atom is -0.305 e. The van der Waals surface area contributed by atoms with E-state index in [9.17, 15) is 0 Å². The highest BCUT2D eigenvalue weighted by molar-refractivity contribution is 5.25. The molecule has 0 aromatic heterocycles. The molecule has 2 nitrogen and oxygen atoms in total. The highest BCUT2D eigenvalue weighted by atomic mass is 15.2. The van der Waals surface area contributed by atoms with Crippen molar-refractivity contribution in [3.8, 4) is 0 Å². The van der Waals surface area contributed by atoms with E-state index in [0.29, 0.717) is 0 Å². The summed E-state index contributed by atoms with van der Waals surface area (Å²) in [6.45, 7) is 4.58. The van der Waals surface area contributed by atoms with Gasteiger partial charge in [-0.15, -0.1) is 0 Å². The Morgan fingerprint density at radius 1 is 1.10 bits per heavy atom. The third-order valence-electron chi connectivity index (χ3n) is 5.44. The van der Waals surface area contributed by atoms with Crippen molar-refractivity contribution in [2.24, 2.45) is 5.92 Å². The smallest absolute Gasteiger partial charge is 0.0535 e. The van der Waals surface area contributed by atoms with Crippen LogP contribution in [0, 0.1) is 5.92 Å². The number of rotatable bonds is 2. The Hall–Kier alpha value is -0.860. The minimum absolute atomic E-state index is 0.0984. The summed E-state index contributed by atoms with van der Waals surface area (Å²) in [5.41, 5.74) is 1.51. The third kappa shape index (κ3) is 2.77. The number of piperazine rings is 1. The van der Waals surface area contributed by atoms with Gasteiger partial charge in [-0.1, -0.05) is 49.6 Å². The zero-order chi connectivity index (χ0) is 14.0. The van der Waals surface area contributed by atoms with Crippen molar-refractivity contribution in [1.82, 2.24) is 10.2 Å². The molecule has 20 heavy (non-hydrogen) atoms. The fourth-order valence-electron chi connectivity index (χ4n) is 4.20. The Labute approximate surface area is 123 Å². The van der Waals surface area contributed by atoms with Gasteiger partial charge in [-0.3, -0.25) is 4.90 Å². The molecule has 0 radical (unpaired) electrons. The molecule has 1 heterocycles. The monoisotopic (exact) mass is 272 g/mol. The van der Waals surface area contributed by atoms with Gasteiger partial charge in [-0.2, -0.15) is 0 Å². The summed E-state index contributed by atoms with van der Waals surface area (Å²) < 4.78 is 0. The maximum absolute atomic E-state index is 3.85. The molecule has 1 aliphatic heterocycles. The van der Waals surface area contributed by atoms with Gasteiger partial charge < -0.3 is 5.32 Å². The summed E-state index contributed by atoms with van der Waals surface area (Å²) in [5.74, 6) is 0.904. The lowest BCUT2D eigenvalue weighted by atomic mass is 9.80. The molecule has 110 valence electrons. The zero-order valence-corrected chi connectivity index (χ0v) is 12.9.